The highest BCUT2D eigenvalue weighted by Crippen LogP contribution is 2.70. The van der Waals surface area contributed by atoms with Crippen molar-refractivity contribution in [1.82, 2.24) is 0 Å². The van der Waals surface area contributed by atoms with E-state index in [2.05, 4.69) is 33.8 Å². The molecule has 3 saturated carbocycles. The molecule has 5 nitrogen and oxygen atoms in total. The van der Waals surface area contributed by atoms with Crippen LogP contribution in [0.1, 0.15) is 86.0 Å². The van der Waals surface area contributed by atoms with E-state index < -0.39 is 11.9 Å². The van der Waals surface area contributed by atoms with Gasteiger partial charge in [-0.05, 0) is 85.4 Å². The first kappa shape index (κ1) is 23.5. The van der Waals surface area contributed by atoms with Gasteiger partial charge in [-0.2, -0.15) is 0 Å². The molecule has 190 valence electrons. The zero-order valence-electron chi connectivity index (χ0n) is 21.7. The Labute approximate surface area is 205 Å². The Morgan fingerprint density at radius 1 is 1.15 bits per heavy atom. The fourth-order valence-corrected chi connectivity index (χ4v) is 10.1. The van der Waals surface area contributed by atoms with Crippen LogP contribution >= 0.6 is 0 Å². The summed E-state index contributed by atoms with van der Waals surface area (Å²) >= 11 is 0. The average molecular weight is 473 g/mol. The van der Waals surface area contributed by atoms with Crippen LogP contribution in [0.4, 0.5) is 0 Å². The maximum Gasteiger partial charge on any atom is 0.302 e. The van der Waals surface area contributed by atoms with Crippen LogP contribution in [-0.2, 0) is 19.0 Å². The van der Waals surface area contributed by atoms with Gasteiger partial charge in [-0.25, -0.2) is 0 Å². The third-order valence-electron chi connectivity index (χ3n) is 11.7. The summed E-state index contributed by atoms with van der Waals surface area (Å²) in [5.41, 5.74) is 2.03. The summed E-state index contributed by atoms with van der Waals surface area (Å²) in [4.78, 5) is 11.5. The van der Waals surface area contributed by atoms with Gasteiger partial charge in [-0.15, -0.1) is 0 Å². The largest absolute Gasteiger partial charge is 0.462 e. The summed E-state index contributed by atoms with van der Waals surface area (Å²) in [7, 11) is 0. The highest BCUT2D eigenvalue weighted by Gasteiger charge is 2.70. The number of fused-ring (bicyclic) bond motifs is 7. The highest BCUT2D eigenvalue weighted by atomic mass is 16.7. The third kappa shape index (κ3) is 3.11. The summed E-state index contributed by atoms with van der Waals surface area (Å²) in [6, 6.07) is 0. The molecular weight excluding hydrogens is 428 g/mol. The molecule has 0 bridgehead atoms. The van der Waals surface area contributed by atoms with Crippen LogP contribution in [0.25, 0.3) is 0 Å². The second-order valence-corrected chi connectivity index (χ2v) is 13.4. The molecule has 2 saturated heterocycles. The topological polar surface area (TPSA) is 65.0 Å². The van der Waals surface area contributed by atoms with Gasteiger partial charge in [0.1, 0.15) is 12.2 Å². The number of hydrogen-bond acceptors (Lipinski definition) is 5. The molecule has 4 aliphatic carbocycles. The van der Waals surface area contributed by atoms with Crippen LogP contribution < -0.4 is 0 Å². The summed E-state index contributed by atoms with van der Waals surface area (Å²) in [5, 5.41) is 11.1. The summed E-state index contributed by atoms with van der Waals surface area (Å²) in [6.07, 6.45) is 10.8. The second kappa shape index (κ2) is 7.79. The van der Waals surface area contributed by atoms with E-state index >= 15 is 0 Å². The Morgan fingerprint density at radius 3 is 2.68 bits per heavy atom. The van der Waals surface area contributed by atoms with Gasteiger partial charge in [-0.1, -0.05) is 39.3 Å². The molecule has 12 atom stereocenters. The number of allylic oxidation sites excluding steroid dienone is 1. The minimum atomic E-state index is -0.798. The van der Waals surface area contributed by atoms with E-state index in [0.29, 0.717) is 36.2 Å². The summed E-state index contributed by atoms with van der Waals surface area (Å²) in [6.45, 7) is 11.7. The Bertz CT molecular complexity index is 884. The van der Waals surface area contributed by atoms with Gasteiger partial charge >= 0.3 is 5.97 Å². The molecule has 0 unspecified atom stereocenters. The number of carbonyl (C=O) groups is 1. The predicted octanol–water partition coefficient (Wildman–Crippen LogP) is 5.26. The lowest BCUT2D eigenvalue weighted by atomic mass is 9.47. The molecule has 0 aromatic carbocycles. The fourth-order valence-electron chi connectivity index (χ4n) is 10.1. The van der Waals surface area contributed by atoms with Gasteiger partial charge in [0.25, 0.3) is 0 Å². The van der Waals surface area contributed by atoms with Crippen molar-refractivity contribution in [1.29, 1.82) is 0 Å². The minimum Gasteiger partial charge on any atom is -0.462 e. The number of esters is 1. The van der Waals surface area contributed by atoms with Gasteiger partial charge in [0.05, 0.1) is 12.7 Å². The summed E-state index contributed by atoms with van der Waals surface area (Å²) in [5.74, 6) is 2.19. The number of aliphatic hydroxyl groups is 1. The molecule has 2 aliphatic heterocycles. The maximum atomic E-state index is 11.5. The van der Waals surface area contributed by atoms with Crippen molar-refractivity contribution in [3.63, 3.8) is 0 Å². The van der Waals surface area contributed by atoms with Gasteiger partial charge in [-0.3, -0.25) is 4.79 Å². The molecule has 1 N–H and O–H groups in total. The average Bonchev–Trinajstić information content (AvgIpc) is 3.22. The fraction of sp³-hybridized carbons (Fsp3) is 0.897. The smallest absolute Gasteiger partial charge is 0.302 e. The molecule has 34 heavy (non-hydrogen) atoms. The van der Waals surface area contributed by atoms with Crippen molar-refractivity contribution < 1.29 is 24.1 Å². The molecular formula is C29H44O5. The second-order valence-electron chi connectivity index (χ2n) is 13.4. The predicted molar refractivity (Wildman–Crippen MR) is 129 cm³/mol. The van der Waals surface area contributed by atoms with Gasteiger partial charge in [0, 0.05) is 19.3 Å². The first-order valence-corrected chi connectivity index (χ1v) is 13.9. The molecule has 5 fully saturated rings. The minimum absolute atomic E-state index is 0.0585. The standard InChI is InChI=1S/C29H44O5/c1-16-12-25(31)29(32-15-16)17(2)26-24(34-29)14-23-21-7-6-19-13-20(33-18(3)30)8-10-27(19,4)22(21)9-11-28(23,26)5/h6,16-17,20-26,31H,7-15H2,1-5H3/t16-,17+,20+,21-,22+,23+,24+,25-,26+,27+,28+,29+/m1/s1. The SMILES string of the molecule is CC(=O)O[C@H]1CC[C@@]2(C)C(=CC[C@H]3[C@@H]4C[C@@H]5O[C@@]6(OC[C@H](C)C[C@H]6O)[C@@H](C)[C@@H]5[C@@]4(C)CC[C@@H]32)C1. The van der Waals surface area contributed by atoms with Crippen LogP contribution in [0.5, 0.6) is 0 Å². The van der Waals surface area contributed by atoms with Crippen LogP contribution in [0, 0.1) is 46.3 Å². The van der Waals surface area contributed by atoms with E-state index in [4.69, 9.17) is 14.2 Å². The van der Waals surface area contributed by atoms with Crippen molar-refractivity contribution in [2.45, 2.75) is 110 Å². The molecule has 5 heteroatoms. The lowest BCUT2D eigenvalue weighted by Crippen LogP contribution is -2.56. The molecule has 6 rings (SSSR count). The summed E-state index contributed by atoms with van der Waals surface area (Å²) < 4.78 is 18.7. The Kier molecular flexibility index (Phi) is 5.38. The zero-order valence-corrected chi connectivity index (χ0v) is 21.7. The van der Waals surface area contributed by atoms with E-state index in [1.165, 1.54) is 19.8 Å². The van der Waals surface area contributed by atoms with E-state index in [-0.39, 0.29) is 34.9 Å². The van der Waals surface area contributed by atoms with E-state index in [1.54, 1.807) is 5.57 Å². The molecule has 0 aromatic heterocycles. The van der Waals surface area contributed by atoms with E-state index in [0.717, 1.165) is 38.5 Å². The zero-order chi connectivity index (χ0) is 24.0. The van der Waals surface area contributed by atoms with Crippen molar-refractivity contribution in [2.75, 3.05) is 6.61 Å². The van der Waals surface area contributed by atoms with Crippen LogP contribution in [-0.4, -0.2) is 41.8 Å². The van der Waals surface area contributed by atoms with Crippen molar-refractivity contribution in [3.05, 3.63) is 11.6 Å². The van der Waals surface area contributed by atoms with Gasteiger partial charge < -0.3 is 19.3 Å². The number of ether oxygens (including phenoxy) is 3. The first-order valence-electron chi connectivity index (χ1n) is 13.9. The van der Waals surface area contributed by atoms with Gasteiger partial charge in [0.2, 0.25) is 0 Å². The van der Waals surface area contributed by atoms with Crippen LogP contribution in [0.3, 0.4) is 0 Å². The van der Waals surface area contributed by atoms with Gasteiger partial charge in [0.15, 0.2) is 5.79 Å². The molecule has 1 spiro atoms. The van der Waals surface area contributed by atoms with Crippen LogP contribution in [0.15, 0.2) is 11.6 Å². The Balaban J connectivity index is 1.25. The molecule has 0 amide bonds. The monoisotopic (exact) mass is 472 g/mol. The van der Waals surface area contributed by atoms with E-state index in [9.17, 15) is 9.90 Å². The quantitative estimate of drug-likeness (QED) is 0.417. The number of aliphatic hydroxyl groups excluding tert-OH is 1. The van der Waals surface area contributed by atoms with Crippen molar-refractivity contribution >= 4 is 5.97 Å². The van der Waals surface area contributed by atoms with Crippen LogP contribution in [0.2, 0.25) is 0 Å². The lowest BCUT2D eigenvalue weighted by Gasteiger charge is -2.58. The van der Waals surface area contributed by atoms with E-state index in [1.807, 2.05) is 0 Å². The molecule has 0 aromatic rings. The number of rotatable bonds is 1. The maximum absolute atomic E-state index is 11.5. The number of carbonyl (C=O) groups excluding carboxylic acids is 1. The lowest BCUT2D eigenvalue weighted by molar-refractivity contribution is -0.316. The van der Waals surface area contributed by atoms with Crippen molar-refractivity contribution in [3.8, 4) is 0 Å². The Hall–Kier alpha value is -0.910. The van der Waals surface area contributed by atoms with Crippen molar-refractivity contribution in [2.24, 2.45) is 46.3 Å². The number of hydrogen-bond donors (Lipinski definition) is 1. The Morgan fingerprint density at radius 2 is 1.94 bits per heavy atom. The normalized spacial score (nSPS) is 56.2. The molecule has 2 heterocycles. The molecule has 0 radical (unpaired) electrons. The highest BCUT2D eigenvalue weighted by molar-refractivity contribution is 5.66. The first-order chi connectivity index (χ1) is 16.1. The third-order valence-corrected chi connectivity index (χ3v) is 11.7. The molecule has 6 aliphatic rings.